The van der Waals surface area contributed by atoms with Gasteiger partial charge in [-0.3, -0.25) is 14.9 Å². The molecule has 1 atom stereocenters. The molecule has 19 heavy (non-hydrogen) atoms. The number of aliphatic carboxylic acids is 1. The lowest BCUT2D eigenvalue weighted by Crippen LogP contribution is -2.38. The predicted octanol–water partition coefficient (Wildman–Crippen LogP) is 0.740. The summed E-state index contributed by atoms with van der Waals surface area (Å²) in [7, 11) is 0. The number of amides is 2. The van der Waals surface area contributed by atoms with E-state index < -0.39 is 18.0 Å². The molecule has 7 heteroatoms. The number of rotatable bonds is 9. The van der Waals surface area contributed by atoms with Crippen LogP contribution in [-0.4, -0.2) is 42.8 Å². The number of carboxylic acid groups (broad SMARTS) is 1. The Hall–Kier alpha value is -1.63. The smallest absolute Gasteiger partial charge is 0.413 e. The topological polar surface area (TPSA) is 105 Å². The summed E-state index contributed by atoms with van der Waals surface area (Å²) >= 11 is 0. The van der Waals surface area contributed by atoms with Gasteiger partial charge in [0.05, 0.1) is 13.2 Å². The number of nitrogens with one attached hydrogen (secondary N) is 2. The SMILES string of the molecule is CCOC(=O)NC(=O)CNCCC(C)CCC(=O)O. The second-order valence-electron chi connectivity index (χ2n) is 4.27. The average molecular weight is 274 g/mol. The van der Waals surface area contributed by atoms with E-state index in [2.05, 4.69) is 15.4 Å². The van der Waals surface area contributed by atoms with E-state index in [-0.39, 0.29) is 25.5 Å². The molecule has 0 bridgehead atoms. The molecule has 7 nitrogen and oxygen atoms in total. The molecule has 0 spiro atoms. The Morgan fingerprint density at radius 1 is 1.26 bits per heavy atom. The van der Waals surface area contributed by atoms with Crippen molar-refractivity contribution in [2.45, 2.75) is 33.1 Å². The molecule has 0 radical (unpaired) electrons. The molecule has 0 aromatic carbocycles. The van der Waals surface area contributed by atoms with Gasteiger partial charge in [0.15, 0.2) is 0 Å². The van der Waals surface area contributed by atoms with Crippen LogP contribution in [0.1, 0.15) is 33.1 Å². The van der Waals surface area contributed by atoms with Crippen LogP contribution in [0.15, 0.2) is 0 Å². The molecule has 0 aromatic heterocycles. The normalized spacial score (nSPS) is 11.7. The maximum Gasteiger partial charge on any atom is 0.413 e. The third kappa shape index (κ3) is 11.2. The molecule has 2 amide bonds. The summed E-state index contributed by atoms with van der Waals surface area (Å²) in [6.07, 6.45) is 0.806. The van der Waals surface area contributed by atoms with Crippen LogP contribution in [0.5, 0.6) is 0 Å². The lowest BCUT2D eigenvalue weighted by molar-refractivity contribution is -0.137. The maximum atomic E-state index is 11.2. The first-order valence-electron chi connectivity index (χ1n) is 6.34. The number of ether oxygens (including phenoxy) is 1. The lowest BCUT2D eigenvalue weighted by Gasteiger charge is -2.10. The van der Waals surface area contributed by atoms with Crippen molar-refractivity contribution in [3.63, 3.8) is 0 Å². The van der Waals surface area contributed by atoms with Crippen molar-refractivity contribution < 1.29 is 24.2 Å². The Morgan fingerprint density at radius 2 is 1.95 bits per heavy atom. The van der Waals surface area contributed by atoms with Gasteiger partial charge in [0.1, 0.15) is 0 Å². The molecule has 0 heterocycles. The van der Waals surface area contributed by atoms with Crippen LogP contribution in [-0.2, 0) is 14.3 Å². The van der Waals surface area contributed by atoms with E-state index in [9.17, 15) is 14.4 Å². The number of alkyl carbamates (subject to hydrolysis) is 1. The molecule has 0 fully saturated rings. The average Bonchev–Trinajstić information content (AvgIpc) is 2.32. The minimum absolute atomic E-state index is 0.0322. The van der Waals surface area contributed by atoms with Crippen LogP contribution in [0.2, 0.25) is 0 Å². The summed E-state index contributed by atoms with van der Waals surface area (Å²) in [5.41, 5.74) is 0. The minimum Gasteiger partial charge on any atom is -0.481 e. The van der Waals surface area contributed by atoms with Crippen LogP contribution in [0.3, 0.4) is 0 Å². The fraction of sp³-hybridized carbons (Fsp3) is 0.750. The Kier molecular flexibility index (Phi) is 9.42. The first-order chi connectivity index (χ1) is 8.95. The number of imide groups is 1. The van der Waals surface area contributed by atoms with Crippen LogP contribution >= 0.6 is 0 Å². The summed E-state index contributed by atoms with van der Waals surface area (Å²) in [6, 6.07) is 0. The van der Waals surface area contributed by atoms with E-state index in [1.807, 2.05) is 6.92 Å². The number of carbonyl (C=O) groups is 3. The van der Waals surface area contributed by atoms with Crippen molar-refractivity contribution in [1.82, 2.24) is 10.6 Å². The first-order valence-corrected chi connectivity index (χ1v) is 6.34. The summed E-state index contributed by atoms with van der Waals surface area (Å²) in [5.74, 6) is -0.970. The highest BCUT2D eigenvalue weighted by molar-refractivity contribution is 5.92. The summed E-state index contributed by atoms with van der Waals surface area (Å²) in [6.45, 7) is 4.46. The van der Waals surface area contributed by atoms with E-state index in [1.165, 1.54) is 0 Å². The maximum absolute atomic E-state index is 11.2. The highest BCUT2D eigenvalue weighted by atomic mass is 16.5. The molecule has 0 aliphatic rings. The summed E-state index contributed by atoms with van der Waals surface area (Å²) in [4.78, 5) is 32.5. The van der Waals surface area contributed by atoms with E-state index in [0.717, 1.165) is 6.42 Å². The largest absolute Gasteiger partial charge is 0.481 e. The fourth-order valence-electron chi connectivity index (χ4n) is 1.39. The zero-order chi connectivity index (χ0) is 14.7. The van der Waals surface area contributed by atoms with Gasteiger partial charge in [0.25, 0.3) is 0 Å². The standard InChI is InChI=1S/C12H22N2O5/c1-3-19-12(18)14-10(15)8-13-7-6-9(2)4-5-11(16)17/h9,13H,3-8H2,1-2H3,(H,16,17)(H,14,15,18). The van der Waals surface area contributed by atoms with E-state index in [0.29, 0.717) is 13.0 Å². The van der Waals surface area contributed by atoms with Crippen molar-refractivity contribution >= 4 is 18.0 Å². The Balaban J connectivity index is 3.55. The molecule has 3 N–H and O–H groups in total. The summed E-state index contributed by atoms with van der Waals surface area (Å²) < 4.78 is 4.56. The quantitative estimate of drug-likeness (QED) is 0.536. The minimum atomic E-state index is -0.798. The second-order valence-corrected chi connectivity index (χ2v) is 4.27. The third-order valence-electron chi connectivity index (χ3n) is 2.47. The zero-order valence-corrected chi connectivity index (χ0v) is 11.4. The van der Waals surface area contributed by atoms with Gasteiger partial charge in [-0.1, -0.05) is 6.92 Å². The number of hydrogen-bond acceptors (Lipinski definition) is 5. The van der Waals surface area contributed by atoms with Crippen molar-refractivity contribution in [3.05, 3.63) is 0 Å². The van der Waals surface area contributed by atoms with Gasteiger partial charge in [0, 0.05) is 6.42 Å². The Labute approximate surface area is 112 Å². The van der Waals surface area contributed by atoms with Gasteiger partial charge < -0.3 is 15.2 Å². The first kappa shape index (κ1) is 17.4. The molecule has 1 unspecified atom stereocenters. The fourth-order valence-corrected chi connectivity index (χ4v) is 1.39. The molecular weight excluding hydrogens is 252 g/mol. The van der Waals surface area contributed by atoms with Crippen molar-refractivity contribution in [2.24, 2.45) is 5.92 Å². The lowest BCUT2D eigenvalue weighted by atomic mass is 10.0. The molecule has 0 rings (SSSR count). The molecule has 0 aromatic rings. The number of carbonyl (C=O) groups excluding carboxylic acids is 2. The van der Waals surface area contributed by atoms with Gasteiger partial charge in [-0.15, -0.1) is 0 Å². The van der Waals surface area contributed by atoms with Crippen molar-refractivity contribution in [2.75, 3.05) is 19.7 Å². The van der Waals surface area contributed by atoms with Crippen molar-refractivity contribution in [3.8, 4) is 0 Å². The van der Waals surface area contributed by atoms with Gasteiger partial charge in [-0.05, 0) is 32.2 Å². The molecule has 0 saturated heterocycles. The van der Waals surface area contributed by atoms with Gasteiger partial charge in [0.2, 0.25) is 5.91 Å². The highest BCUT2D eigenvalue weighted by Gasteiger charge is 2.08. The summed E-state index contributed by atoms with van der Waals surface area (Å²) in [5, 5.41) is 13.5. The van der Waals surface area contributed by atoms with E-state index in [4.69, 9.17) is 5.11 Å². The van der Waals surface area contributed by atoms with Crippen LogP contribution in [0, 0.1) is 5.92 Å². The monoisotopic (exact) mass is 274 g/mol. The van der Waals surface area contributed by atoms with E-state index in [1.54, 1.807) is 6.92 Å². The molecule has 0 saturated carbocycles. The molecular formula is C12H22N2O5. The van der Waals surface area contributed by atoms with Gasteiger partial charge >= 0.3 is 12.1 Å². The van der Waals surface area contributed by atoms with Crippen LogP contribution < -0.4 is 10.6 Å². The Morgan fingerprint density at radius 3 is 2.53 bits per heavy atom. The molecule has 110 valence electrons. The second kappa shape index (κ2) is 10.3. The zero-order valence-electron chi connectivity index (χ0n) is 11.4. The highest BCUT2D eigenvalue weighted by Crippen LogP contribution is 2.08. The van der Waals surface area contributed by atoms with Gasteiger partial charge in [-0.25, -0.2) is 4.79 Å². The molecule has 0 aliphatic heterocycles. The van der Waals surface area contributed by atoms with Crippen LogP contribution in [0.4, 0.5) is 4.79 Å². The number of carboxylic acids is 1. The van der Waals surface area contributed by atoms with Crippen molar-refractivity contribution in [1.29, 1.82) is 0 Å². The number of hydrogen-bond donors (Lipinski definition) is 3. The van der Waals surface area contributed by atoms with E-state index >= 15 is 0 Å². The van der Waals surface area contributed by atoms with Gasteiger partial charge in [-0.2, -0.15) is 0 Å². The predicted molar refractivity (Wildman–Crippen MR) is 68.7 cm³/mol. The third-order valence-corrected chi connectivity index (χ3v) is 2.47. The van der Waals surface area contributed by atoms with Crippen LogP contribution in [0.25, 0.3) is 0 Å². The Bertz CT molecular complexity index is 306. The molecule has 0 aliphatic carbocycles.